The highest BCUT2D eigenvalue weighted by Crippen LogP contribution is 2.58. The van der Waals surface area contributed by atoms with Gasteiger partial charge in [0.15, 0.2) is 34.5 Å². The van der Waals surface area contributed by atoms with Crippen LogP contribution in [0, 0.1) is 5.41 Å². The van der Waals surface area contributed by atoms with Crippen molar-refractivity contribution >= 4 is 126 Å². The van der Waals surface area contributed by atoms with E-state index in [4.69, 9.17) is 19.9 Å². The van der Waals surface area contributed by atoms with Crippen LogP contribution < -0.4 is 40.9 Å². The summed E-state index contributed by atoms with van der Waals surface area (Å²) in [5.74, 6) is 6.04. The van der Waals surface area contributed by atoms with Gasteiger partial charge < -0.3 is 60.5 Å². The van der Waals surface area contributed by atoms with Crippen LogP contribution >= 0.6 is 0 Å². The zero-order valence-electron chi connectivity index (χ0n) is 76.8. The summed E-state index contributed by atoms with van der Waals surface area (Å²) < 4.78 is 5.45. The van der Waals surface area contributed by atoms with Crippen molar-refractivity contribution < 1.29 is 19.2 Å². The smallest absolute Gasteiger partial charge is 0.247 e. The number of anilines is 12. The number of imidazole rings is 1. The second-order valence-electron chi connectivity index (χ2n) is 39.4. The second-order valence-corrected chi connectivity index (χ2v) is 39.4. The number of Topliss-reactive ketones (excluding diaryl/α,β-unsaturated/α-hetero) is 3. The number of carbonyl (C=O) groups excluding carboxylic acids is 4. The maximum absolute atomic E-state index is 12.8. The van der Waals surface area contributed by atoms with Gasteiger partial charge in [0.2, 0.25) is 29.7 Å². The first-order chi connectivity index (χ1) is 64.4. The minimum Gasteiger partial charge on any atom is -0.368 e. The Morgan fingerprint density at radius 1 is 0.341 bits per heavy atom. The summed E-state index contributed by atoms with van der Waals surface area (Å²) in [6.45, 7) is 16.6. The first-order valence-corrected chi connectivity index (χ1v) is 48.6. The lowest BCUT2D eigenvalue weighted by Crippen LogP contribution is -2.44. The molecule has 17 heterocycles. The van der Waals surface area contributed by atoms with Crippen LogP contribution in [0.5, 0.6) is 0 Å². The normalized spacial score (nSPS) is 21.3. The van der Waals surface area contributed by atoms with Crippen molar-refractivity contribution in [3.8, 4) is 0 Å². The SMILES string of the molecule is CN1CCN(c2ccc(Nc3ncc4c(n3)C3=C(C4)C(=O)CCC34CCCCC4)nc2)CC1.CN1CCN(c2ccc(Nc3ncc4nc5n(c4n3)C3(CCCCC3)CCC5=O)nc2)CC1.CN1CCN(c2ccc(Nc3ncc4nn5c(c4n3)C3(CCCCC3)CCC5=O)nc2)CC1.CN1CCN(c2ccc(Nc3ncn4nc5c(c4n3)C3(CCCCC3)CCC5=O)nc2)CC1. The molecule has 34 heteroatoms. The molecule has 0 atom stereocenters. The molecule has 4 saturated carbocycles. The van der Waals surface area contributed by atoms with E-state index in [1.54, 1.807) is 27.9 Å². The number of allylic oxidation sites excluding steroid dienone is 2. The summed E-state index contributed by atoms with van der Waals surface area (Å²) in [4.78, 5) is 130. The molecule has 0 unspecified atom stereocenters. The van der Waals surface area contributed by atoms with E-state index in [1.807, 2.05) is 55.2 Å². The lowest BCUT2D eigenvalue weighted by atomic mass is 9.62. The number of nitrogens with zero attached hydrogens (tertiary/aromatic N) is 26. The Morgan fingerprint density at radius 3 is 1.27 bits per heavy atom. The monoisotopic (exact) mass is 1780 g/mol. The maximum atomic E-state index is 12.8. The van der Waals surface area contributed by atoms with Gasteiger partial charge in [-0.05, 0) is 165 Å². The van der Waals surface area contributed by atoms with E-state index < -0.39 is 0 Å². The van der Waals surface area contributed by atoms with Crippen molar-refractivity contribution in [2.75, 3.05) is 174 Å². The molecule has 8 fully saturated rings. The van der Waals surface area contributed by atoms with Gasteiger partial charge in [-0.15, -0.1) is 0 Å². The molecule has 7 aliphatic carbocycles. The van der Waals surface area contributed by atoms with Crippen LogP contribution in [0.25, 0.3) is 33.4 Å². The summed E-state index contributed by atoms with van der Waals surface area (Å²) in [6.07, 6.45) is 45.1. The largest absolute Gasteiger partial charge is 0.368 e. The number of piperazine rings is 4. The standard InChI is InChI=1S/C26H32N6O.3C24H30N8O/c1-31-11-13-32(14-12-31)19-5-6-22(27-17-19)29-25-28-16-18-15-20-21(33)7-10-26(8-3-2-4-9-26)23(20)24(18)30-25;1-30-11-13-31(14-12-30)17-5-6-20(25-15-17)28-23-26-16-18-21(29-23)32-22(27-18)19(33)7-10-24(32)8-3-2-4-9-24;1-30-11-13-31(14-12-30)17-5-6-19(25-15-17)27-23-26-16-18-21(28-23)22-24(8-3-2-4-9-24)10-7-20(33)32(22)29-18;1-30-11-13-31(14-12-30)17-5-6-19(25-15-17)27-23-26-16-32-22(28-23)20-21(29-32)18(33)7-10-24(20)8-3-2-4-9-24/h5-6,16-17H,2-4,7-15H2,1H3,(H,27,28,29,30);5-6,15-16H,2-4,7-14H2,1H3,(H,25,26,28,29);2*5-6,15-16H,2-4,7-14H2,1H3,(H,25,27,28). The van der Waals surface area contributed by atoms with Crippen LogP contribution in [0.1, 0.15) is 228 Å². The molecule has 6 aliphatic heterocycles. The van der Waals surface area contributed by atoms with Gasteiger partial charge in [0.05, 0.1) is 71.3 Å². The molecule has 0 amide bonds. The van der Waals surface area contributed by atoms with E-state index in [1.165, 1.54) is 95.5 Å². The summed E-state index contributed by atoms with van der Waals surface area (Å²) in [5.41, 5.74) is 15.4. The number of hydrogen-bond donors (Lipinski definition) is 4. The van der Waals surface area contributed by atoms with Crippen LogP contribution in [0.15, 0.2) is 104 Å². The van der Waals surface area contributed by atoms with E-state index in [2.05, 4.69) is 173 Å². The van der Waals surface area contributed by atoms with Crippen molar-refractivity contribution in [3.63, 3.8) is 0 Å². The van der Waals surface area contributed by atoms with Crippen LogP contribution in [0.3, 0.4) is 0 Å². The molecule has 34 nitrogen and oxygen atoms in total. The third-order valence-corrected chi connectivity index (χ3v) is 31.0. The third kappa shape index (κ3) is 17.5. The summed E-state index contributed by atoms with van der Waals surface area (Å²) in [6, 6.07) is 16.3. The number of ketones is 3. The molecule has 688 valence electrons. The molecule has 0 radical (unpaired) electrons. The molecule has 11 aromatic rings. The molecule has 132 heavy (non-hydrogen) atoms. The molecule has 4 spiro atoms. The predicted molar refractivity (Wildman–Crippen MR) is 510 cm³/mol. The Kier molecular flexibility index (Phi) is 24.2. The molecule has 0 aromatic carbocycles. The molecular formula is C98H122N30O4. The highest BCUT2D eigenvalue weighted by molar-refractivity contribution is 6.08. The number of carbonyl (C=O) groups is 4. The van der Waals surface area contributed by atoms with Crippen LogP contribution in [-0.4, -0.2) is 265 Å². The number of aromatic nitrogens is 18. The quantitative estimate of drug-likeness (QED) is 0.0882. The Labute approximate surface area is 769 Å². The number of likely N-dealkylation sites (N-methyl/N-ethyl adjacent to an activating group) is 4. The highest BCUT2D eigenvalue weighted by atomic mass is 16.2. The van der Waals surface area contributed by atoms with Gasteiger partial charge in [-0.25, -0.2) is 64.0 Å². The number of rotatable bonds is 12. The first-order valence-electron chi connectivity index (χ1n) is 48.6. The van der Waals surface area contributed by atoms with Gasteiger partial charge in [0.25, 0.3) is 0 Å². The number of hydrogen-bond acceptors (Lipinski definition) is 31. The number of fused-ring (bicyclic) bond motifs is 15. The number of nitrogens with one attached hydrogen (secondary N) is 4. The lowest BCUT2D eigenvalue weighted by Gasteiger charge is -2.42. The van der Waals surface area contributed by atoms with Gasteiger partial charge in [-0.3, -0.25) is 23.7 Å². The highest BCUT2D eigenvalue weighted by Gasteiger charge is 2.49. The zero-order chi connectivity index (χ0) is 89.7. The average molecular weight is 1780 g/mol. The third-order valence-electron chi connectivity index (χ3n) is 31.0. The van der Waals surface area contributed by atoms with Crippen molar-refractivity contribution in [2.24, 2.45) is 5.41 Å². The Balaban J connectivity index is 0.000000106. The summed E-state index contributed by atoms with van der Waals surface area (Å²) in [5, 5.41) is 22.2. The first kappa shape index (κ1) is 86.7. The maximum Gasteiger partial charge on any atom is 0.247 e. The molecule has 0 bridgehead atoms. The molecule has 11 aromatic heterocycles. The van der Waals surface area contributed by atoms with E-state index in [9.17, 15) is 19.2 Å². The van der Waals surface area contributed by atoms with Crippen LogP contribution in [0.4, 0.5) is 69.8 Å². The fraction of sp³-hybridized carbons (Fsp3) is 0.541. The number of pyridine rings is 4. The zero-order valence-corrected chi connectivity index (χ0v) is 76.8. The van der Waals surface area contributed by atoms with Gasteiger partial charge in [-0.2, -0.15) is 20.2 Å². The van der Waals surface area contributed by atoms with E-state index in [-0.39, 0.29) is 39.3 Å². The second kappa shape index (κ2) is 36.9. The van der Waals surface area contributed by atoms with Gasteiger partial charge in [-0.1, -0.05) is 77.0 Å². The van der Waals surface area contributed by atoms with E-state index in [0.29, 0.717) is 102 Å². The van der Waals surface area contributed by atoms with Crippen LogP contribution in [-0.2, 0) is 27.6 Å². The molecular weight excluding hydrogens is 1660 g/mol. The summed E-state index contributed by atoms with van der Waals surface area (Å²) >= 11 is 0. The van der Waals surface area contributed by atoms with Crippen molar-refractivity contribution in [3.05, 3.63) is 138 Å². The van der Waals surface area contributed by atoms with Gasteiger partial charge >= 0.3 is 0 Å². The fourth-order valence-corrected chi connectivity index (χ4v) is 23.3. The van der Waals surface area contributed by atoms with Crippen molar-refractivity contribution in [1.82, 2.24) is 108 Å². The van der Waals surface area contributed by atoms with Gasteiger partial charge in [0, 0.05) is 176 Å². The minimum atomic E-state index is -0.0374. The van der Waals surface area contributed by atoms with Crippen molar-refractivity contribution in [1.29, 1.82) is 0 Å². The molecule has 24 rings (SSSR count). The minimum absolute atomic E-state index is 0.00887. The predicted octanol–water partition coefficient (Wildman–Crippen LogP) is 13.9. The van der Waals surface area contributed by atoms with Gasteiger partial charge in [0.1, 0.15) is 51.8 Å². The van der Waals surface area contributed by atoms with E-state index >= 15 is 0 Å². The Morgan fingerprint density at radius 2 is 0.765 bits per heavy atom. The fourth-order valence-electron chi connectivity index (χ4n) is 23.3. The van der Waals surface area contributed by atoms with Crippen LogP contribution in [0.2, 0.25) is 0 Å². The molecule has 4 saturated heterocycles. The topological polar surface area (TPSA) is 350 Å². The molecule has 4 N–H and O–H groups in total. The molecule has 13 aliphatic rings. The Bertz CT molecular complexity index is 5650. The average Bonchev–Trinajstić information content (AvgIpc) is 1.62. The van der Waals surface area contributed by atoms with E-state index in [0.717, 1.165) is 242 Å². The lowest BCUT2D eigenvalue weighted by molar-refractivity contribution is -0.116. The van der Waals surface area contributed by atoms with Crippen molar-refractivity contribution in [2.45, 2.75) is 203 Å². The summed E-state index contributed by atoms with van der Waals surface area (Å²) in [7, 11) is 8.63. The Hall–Kier alpha value is -12.0.